The Balaban J connectivity index is 0.00000242. The Morgan fingerprint density at radius 2 is 2.23 bits per heavy atom. The fourth-order valence-electron chi connectivity index (χ4n) is 2.62. The fraction of sp³-hybridized carbons (Fsp3) is 0.562. The Hall–Kier alpha value is -1.30. The van der Waals surface area contributed by atoms with Crippen LogP contribution >= 0.6 is 12.4 Å². The predicted molar refractivity (Wildman–Crippen MR) is 89.9 cm³/mol. The van der Waals surface area contributed by atoms with Gasteiger partial charge in [-0.15, -0.1) is 12.4 Å². The Bertz CT molecular complexity index is 476. The summed E-state index contributed by atoms with van der Waals surface area (Å²) in [6, 6.07) is 7.46. The number of anilines is 1. The first-order valence-electron chi connectivity index (χ1n) is 7.48. The van der Waals surface area contributed by atoms with E-state index in [1.807, 2.05) is 31.2 Å². The van der Waals surface area contributed by atoms with E-state index in [4.69, 9.17) is 9.47 Å². The average molecular weight is 329 g/mol. The lowest BCUT2D eigenvalue weighted by molar-refractivity contribution is -0.122. The first-order chi connectivity index (χ1) is 10.2. The van der Waals surface area contributed by atoms with Crippen molar-refractivity contribution in [1.82, 2.24) is 5.32 Å². The monoisotopic (exact) mass is 328 g/mol. The van der Waals surface area contributed by atoms with Gasteiger partial charge in [0.15, 0.2) is 0 Å². The largest absolute Gasteiger partial charge is 0.491 e. The third kappa shape index (κ3) is 4.60. The molecule has 124 valence electrons. The summed E-state index contributed by atoms with van der Waals surface area (Å²) in [4.78, 5) is 12.5. The van der Waals surface area contributed by atoms with E-state index in [9.17, 15) is 4.79 Å². The standard InChI is InChI=1S/C16H24N2O3.ClH/c1-3-16(8-5-9-17-16)15(19)18-13-6-4-7-14(12-13)21-11-10-20-2;/h4,6-7,12,17H,3,5,8-11H2,1-2H3,(H,18,19);1H. The number of halogens is 1. The molecule has 0 aromatic heterocycles. The summed E-state index contributed by atoms with van der Waals surface area (Å²) in [5, 5.41) is 6.33. The number of methoxy groups -OCH3 is 1. The lowest BCUT2D eigenvalue weighted by atomic mass is 9.93. The first-order valence-corrected chi connectivity index (χ1v) is 7.48. The molecular formula is C16H25ClN2O3. The van der Waals surface area contributed by atoms with Gasteiger partial charge in [0, 0.05) is 18.9 Å². The summed E-state index contributed by atoms with van der Waals surface area (Å²) in [6.07, 6.45) is 2.73. The van der Waals surface area contributed by atoms with E-state index in [1.54, 1.807) is 7.11 Å². The zero-order valence-corrected chi connectivity index (χ0v) is 14.0. The molecular weight excluding hydrogens is 304 g/mol. The number of nitrogens with one attached hydrogen (secondary N) is 2. The van der Waals surface area contributed by atoms with Crippen molar-refractivity contribution in [2.75, 3.05) is 32.2 Å². The van der Waals surface area contributed by atoms with E-state index in [1.165, 1.54) is 0 Å². The summed E-state index contributed by atoms with van der Waals surface area (Å²) >= 11 is 0. The molecule has 1 atom stereocenters. The topological polar surface area (TPSA) is 59.6 Å². The number of benzene rings is 1. The van der Waals surface area contributed by atoms with E-state index in [0.717, 1.165) is 37.2 Å². The molecule has 1 aromatic carbocycles. The van der Waals surface area contributed by atoms with Gasteiger partial charge < -0.3 is 20.1 Å². The SMILES string of the molecule is CCC1(C(=O)Nc2cccc(OCCOC)c2)CCCN1.Cl. The van der Waals surface area contributed by atoms with Gasteiger partial charge in [0.1, 0.15) is 12.4 Å². The summed E-state index contributed by atoms with van der Waals surface area (Å²) in [5.74, 6) is 0.770. The predicted octanol–water partition coefficient (Wildman–Crippen LogP) is 2.60. The Kier molecular flexibility index (Phi) is 7.65. The fourth-order valence-corrected chi connectivity index (χ4v) is 2.62. The summed E-state index contributed by atoms with van der Waals surface area (Å²) < 4.78 is 10.5. The molecule has 0 radical (unpaired) electrons. The van der Waals surface area contributed by atoms with Gasteiger partial charge in [0.05, 0.1) is 12.1 Å². The van der Waals surface area contributed by atoms with Crippen LogP contribution in [0.4, 0.5) is 5.69 Å². The van der Waals surface area contributed by atoms with Crippen LogP contribution in [0.2, 0.25) is 0 Å². The number of amides is 1. The molecule has 0 spiro atoms. The number of hydrogen-bond donors (Lipinski definition) is 2. The summed E-state index contributed by atoms with van der Waals surface area (Å²) in [5.41, 5.74) is 0.337. The molecule has 5 nitrogen and oxygen atoms in total. The number of rotatable bonds is 7. The third-order valence-electron chi connectivity index (χ3n) is 3.93. The van der Waals surface area contributed by atoms with Crippen molar-refractivity contribution < 1.29 is 14.3 Å². The van der Waals surface area contributed by atoms with Crippen LogP contribution < -0.4 is 15.4 Å². The molecule has 1 heterocycles. The first kappa shape index (κ1) is 18.7. The van der Waals surface area contributed by atoms with E-state index < -0.39 is 5.54 Å². The van der Waals surface area contributed by atoms with Crippen LogP contribution in [0.3, 0.4) is 0 Å². The molecule has 1 aliphatic heterocycles. The molecule has 1 aliphatic rings. The molecule has 0 saturated carbocycles. The van der Waals surface area contributed by atoms with Gasteiger partial charge in [0.2, 0.25) is 5.91 Å². The average Bonchev–Trinajstić information content (AvgIpc) is 2.98. The van der Waals surface area contributed by atoms with Crippen LogP contribution in [-0.4, -0.2) is 38.3 Å². The highest BCUT2D eigenvalue weighted by molar-refractivity contribution is 5.98. The maximum Gasteiger partial charge on any atom is 0.244 e. The van der Waals surface area contributed by atoms with Crippen molar-refractivity contribution in [3.63, 3.8) is 0 Å². The number of carbonyl (C=O) groups excluding carboxylic acids is 1. The second-order valence-corrected chi connectivity index (χ2v) is 5.29. The maximum absolute atomic E-state index is 12.5. The third-order valence-corrected chi connectivity index (χ3v) is 3.93. The van der Waals surface area contributed by atoms with Crippen LogP contribution in [0.15, 0.2) is 24.3 Å². The molecule has 6 heteroatoms. The summed E-state index contributed by atoms with van der Waals surface area (Å²) in [6.45, 7) is 3.98. The molecule has 1 saturated heterocycles. The van der Waals surface area contributed by atoms with Crippen molar-refractivity contribution in [1.29, 1.82) is 0 Å². The Labute approximate surface area is 138 Å². The number of ether oxygens (including phenoxy) is 2. The second-order valence-electron chi connectivity index (χ2n) is 5.29. The smallest absolute Gasteiger partial charge is 0.244 e. The van der Waals surface area contributed by atoms with Gasteiger partial charge in [0.25, 0.3) is 0 Å². The highest BCUT2D eigenvalue weighted by Gasteiger charge is 2.39. The van der Waals surface area contributed by atoms with Crippen molar-refractivity contribution in [2.45, 2.75) is 31.7 Å². The minimum absolute atomic E-state index is 0. The van der Waals surface area contributed by atoms with Gasteiger partial charge in [-0.05, 0) is 37.9 Å². The van der Waals surface area contributed by atoms with Crippen LogP contribution in [0, 0.1) is 0 Å². The van der Waals surface area contributed by atoms with Crippen LogP contribution in [0.5, 0.6) is 5.75 Å². The minimum atomic E-state index is -0.424. The highest BCUT2D eigenvalue weighted by Crippen LogP contribution is 2.25. The lowest BCUT2D eigenvalue weighted by Gasteiger charge is -2.26. The second kappa shape index (κ2) is 8.98. The molecule has 0 bridgehead atoms. The van der Waals surface area contributed by atoms with E-state index in [-0.39, 0.29) is 18.3 Å². The maximum atomic E-state index is 12.5. The molecule has 22 heavy (non-hydrogen) atoms. The number of carbonyl (C=O) groups is 1. The van der Waals surface area contributed by atoms with Crippen molar-refractivity contribution in [3.8, 4) is 5.75 Å². The molecule has 1 amide bonds. The van der Waals surface area contributed by atoms with Gasteiger partial charge in [-0.2, -0.15) is 0 Å². The van der Waals surface area contributed by atoms with Crippen LogP contribution in [0.1, 0.15) is 26.2 Å². The van der Waals surface area contributed by atoms with E-state index >= 15 is 0 Å². The molecule has 2 rings (SSSR count). The molecule has 1 fully saturated rings. The van der Waals surface area contributed by atoms with E-state index in [0.29, 0.717) is 13.2 Å². The highest BCUT2D eigenvalue weighted by atomic mass is 35.5. The van der Waals surface area contributed by atoms with Crippen molar-refractivity contribution in [3.05, 3.63) is 24.3 Å². The van der Waals surface area contributed by atoms with Crippen LogP contribution in [0.25, 0.3) is 0 Å². The normalized spacial score (nSPS) is 20.3. The van der Waals surface area contributed by atoms with Gasteiger partial charge in [-0.1, -0.05) is 13.0 Å². The number of hydrogen-bond acceptors (Lipinski definition) is 4. The van der Waals surface area contributed by atoms with Crippen molar-refractivity contribution in [2.24, 2.45) is 0 Å². The van der Waals surface area contributed by atoms with Crippen LogP contribution in [-0.2, 0) is 9.53 Å². The quantitative estimate of drug-likeness (QED) is 0.755. The Morgan fingerprint density at radius 1 is 1.41 bits per heavy atom. The molecule has 0 aliphatic carbocycles. The Morgan fingerprint density at radius 3 is 2.86 bits per heavy atom. The molecule has 2 N–H and O–H groups in total. The minimum Gasteiger partial charge on any atom is -0.491 e. The summed E-state index contributed by atoms with van der Waals surface area (Å²) in [7, 11) is 1.64. The lowest BCUT2D eigenvalue weighted by Crippen LogP contribution is -2.50. The van der Waals surface area contributed by atoms with E-state index in [2.05, 4.69) is 10.6 Å². The van der Waals surface area contributed by atoms with Crippen molar-refractivity contribution >= 4 is 24.0 Å². The van der Waals surface area contributed by atoms with Gasteiger partial charge in [-0.25, -0.2) is 0 Å². The zero-order valence-electron chi connectivity index (χ0n) is 13.2. The molecule has 1 aromatic rings. The zero-order chi connectivity index (χ0) is 15.1. The van der Waals surface area contributed by atoms with Gasteiger partial charge >= 0.3 is 0 Å². The van der Waals surface area contributed by atoms with Gasteiger partial charge in [-0.3, -0.25) is 4.79 Å². The molecule has 1 unspecified atom stereocenters.